The third-order valence-electron chi connectivity index (χ3n) is 3.09. The molecule has 0 fully saturated rings. The van der Waals surface area contributed by atoms with Crippen molar-refractivity contribution in [3.63, 3.8) is 0 Å². The van der Waals surface area contributed by atoms with E-state index in [-0.39, 0.29) is 18.4 Å². The number of hydrogen-bond donors (Lipinski definition) is 3. The Balaban J connectivity index is 2.59. The number of fused-ring (bicyclic) bond motifs is 1. The molecule has 1 unspecified atom stereocenters. The molecule has 0 spiro atoms. The molecule has 2 rings (SSSR count). The van der Waals surface area contributed by atoms with Gasteiger partial charge in [-0.15, -0.1) is 0 Å². The Morgan fingerprint density at radius 2 is 2.31 bits per heavy atom. The normalized spacial score (nSPS) is 19.3. The summed E-state index contributed by atoms with van der Waals surface area (Å²) < 4.78 is 5.18. The minimum atomic E-state index is -0.196. The van der Waals surface area contributed by atoms with Crippen molar-refractivity contribution < 1.29 is 14.9 Å². The van der Waals surface area contributed by atoms with Crippen LogP contribution in [0.25, 0.3) is 0 Å². The van der Waals surface area contributed by atoms with Crippen molar-refractivity contribution >= 4 is 0 Å². The molecule has 0 bridgehead atoms. The molecule has 1 aromatic rings. The molecule has 88 valence electrons. The molecule has 3 N–H and O–H groups in total. The number of aliphatic hydroxyl groups excluding tert-OH is 1. The Labute approximate surface area is 94.9 Å². The number of aryl methyl sites for hydroxylation is 1. The predicted octanol–water partition coefficient (Wildman–Crippen LogP) is 0.888. The molecule has 16 heavy (non-hydrogen) atoms. The molecule has 0 radical (unpaired) electrons. The summed E-state index contributed by atoms with van der Waals surface area (Å²) in [5, 5.41) is 22.6. The standard InChI is InChI=1S/C12H17NO3/c1-7-5-8-3-4-13-9(6-14)10(8)11(15)12(7)16-2/h5,9,13-15H,3-4,6H2,1-2H3. The fraction of sp³-hybridized carbons (Fsp3) is 0.500. The highest BCUT2D eigenvalue weighted by Gasteiger charge is 2.25. The van der Waals surface area contributed by atoms with Crippen molar-refractivity contribution in [2.75, 3.05) is 20.3 Å². The van der Waals surface area contributed by atoms with E-state index in [2.05, 4.69) is 5.32 Å². The van der Waals surface area contributed by atoms with Gasteiger partial charge in [0.1, 0.15) is 0 Å². The quantitative estimate of drug-likeness (QED) is 0.696. The molecule has 1 aliphatic rings. The van der Waals surface area contributed by atoms with E-state index in [0.717, 1.165) is 29.7 Å². The SMILES string of the molecule is COc1c(C)cc2c(c1O)C(CO)NCC2. The minimum absolute atomic E-state index is 0.0211. The van der Waals surface area contributed by atoms with Gasteiger partial charge in [0, 0.05) is 5.56 Å². The maximum absolute atomic E-state index is 10.1. The molecule has 1 atom stereocenters. The molecule has 1 aliphatic heterocycles. The smallest absolute Gasteiger partial charge is 0.163 e. The molecular weight excluding hydrogens is 206 g/mol. The van der Waals surface area contributed by atoms with E-state index in [0.29, 0.717) is 5.75 Å². The Bertz CT molecular complexity index is 404. The highest BCUT2D eigenvalue weighted by Crippen LogP contribution is 2.40. The lowest BCUT2D eigenvalue weighted by Gasteiger charge is -2.27. The lowest BCUT2D eigenvalue weighted by molar-refractivity contribution is 0.235. The number of hydrogen-bond acceptors (Lipinski definition) is 4. The number of benzene rings is 1. The second kappa shape index (κ2) is 4.31. The Morgan fingerprint density at radius 3 is 2.94 bits per heavy atom. The molecule has 0 aromatic heterocycles. The van der Waals surface area contributed by atoms with Crippen LogP contribution in [0.4, 0.5) is 0 Å². The van der Waals surface area contributed by atoms with Crippen LogP contribution in [0.5, 0.6) is 11.5 Å². The molecule has 4 nitrogen and oxygen atoms in total. The molecule has 1 aromatic carbocycles. The summed E-state index contributed by atoms with van der Waals surface area (Å²) in [4.78, 5) is 0. The fourth-order valence-corrected chi connectivity index (χ4v) is 2.36. The van der Waals surface area contributed by atoms with Gasteiger partial charge in [-0.2, -0.15) is 0 Å². The predicted molar refractivity (Wildman–Crippen MR) is 60.9 cm³/mol. The molecule has 0 saturated heterocycles. The first-order chi connectivity index (χ1) is 7.69. The number of rotatable bonds is 2. The molecule has 0 saturated carbocycles. The summed E-state index contributed by atoms with van der Waals surface area (Å²) in [6, 6.07) is 1.83. The van der Waals surface area contributed by atoms with Gasteiger partial charge in [0.25, 0.3) is 0 Å². The molecule has 0 aliphatic carbocycles. The number of phenolic OH excluding ortho intramolecular Hbond substituents is 1. The van der Waals surface area contributed by atoms with Gasteiger partial charge < -0.3 is 20.3 Å². The lowest BCUT2D eigenvalue weighted by atomic mass is 9.91. The van der Waals surface area contributed by atoms with Crippen LogP contribution in [0.3, 0.4) is 0 Å². The van der Waals surface area contributed by atoms with Crippen LogP contribution in [0, 0.1) is 6.92 Å². The first-order valence-corrected chi connectivity index (χ1v) is 5.42. The second-order valence-electron chi connectivity index (χ2n) is 4.09. The van der Waals surface area contributed by atoms with Gasteiger partial charge >= 0.3 is 0 Å². The zero-order chi connectivity index (χ0) is 11.7. The van der Waals surface area contributed by atoms with E-state index in [4.69, 9.17) is 4.74 Å². The number of methoxy groups -OCH3 is 1. The van der Waals surface area contributed by atoms with Gasteiger partial charge in [-0.25, -0.2) is 0 Å². The van der Waals surface area contributed by atoms with Crippen molar-refractivity contribution in [3.05, 3.63) is 22.8 Å². The number of phenols is 1. The summed E-state index contributed by atoms with van der Waals surface area (Å²) in [7, 11) is 1.54. The summed E-state index contributed by atoms with van der Waals surface area (Å²) in [5.41, 5.74) is 2.79. The third kappa shape index (κ3) is 1.64. The van der Waals surface area contributed by atoms with Gasteiger partial charge in [-0.1, -0.05) is 6.07 Å². The second-order valence-corrected chi connectivity index (χ2v) is 4.09. The number of nitrogens with one attached hydrogen (secondary N) is 1. The van der Waals surface area contributed by atoms with E-state index in [1.165, 1.54) is 0 Å². The van der Waals surface area contributed by atoms with Crippen LogP contribution in [0.2, 0.25) is 0 Å². The van der Waals surface area contributed by atoms with Gasteiger partial charge in [0.2, 0.25) is 0 Å². The summed E-state index contributed by atoms with van der Waals surface area (Å²) in [6.45, 7) is 2.71. The van der Waals surface area contributed by atoms with Crippen LogP contribution < -0.4 is 10.1 Å². The zero-order valence-corrected chi connectivity index (χ0v) is 9.58. The average molecular weight is 223 g/mol. The highest BCUT2D eigenvalue weighted by atomic mass is 16.5. The molecule has 0 amide bonds. The first kappa shape index (κ1) is 11.2. The van der Waals surface area contributed by atoms with Gasteiger partial charge in [0.05, 0.1) is 19.8 Å². The van der Waals surface area contributed by atoms with Gasteiger partial charge in [0.15, 0.2) is 11.5 Å². The van der Waals surface area contributed by atoms with Crippen molar-refractivity contribution in [3.8, 4) is 11.5 Å². The van der Waals surface area contributed by atoms with Crippen molar-refractivity contribution in [1.82, 2.24) is 5.32 Å². The summed E-state index contributed by atoms with van der Waals surface area (Å²) in [6.07, 6.45) is 0.865. The van der Waals surface area contributed by atoms with Crippen LogP contribution >= 0.6 is 0 Å². The highest BCUT2D eigenvalue weighted by molar-refractivity contribution is 5.56. The fourth-order valence-electron chi connectivity index (χ4n) is 2.36. The molecular formula is C12H17NO3. The minimum Gasteiger partial charge on any atom is -0.504 e. The van der Waals surface area contributed by atoms with Crippen molar-refractivity contribution in [1.29, 1.82) is 0 Å². The van der Waals surface area contributed by atoms with E-state index in [9.17, 15) is 10.2 Å². The topological polar surface area (TPSA) is 61.7 Å². The largest absolute Gasteiger partial charge is 0.504 e. The van der Waals surface area contributed by atoms with E-state index < -0.39 is 0 Å². The van der Waals surface area contributed by atoms with E-state index >= 15 is 0 Å². The lowest BCUT2D eigenvalue weighted by Crippen LogP contribution is -2.32. The Kier molecular flexibility index (Phi) is 3.03. The zero-order valence-electron chi connectivity index (χ0n) is 9.58. The maximum Gasteiger partial charge on any atom is 0.163 e. The van der Waals surface area contributed by atoms with Gasteiger partial charge in [-0.05, 0) is 31.0 Å². The van der Waals surface area contributed by atoms with Crippen LogP contribution in [-0.4, -0.2) is 30.5 Å². The summed E-state index contributed by atoms with van der Waals surface area (Å²) in [5.74, 6) is 0.657. The maximum atomic E-state index is 10.1. The third-order valence-corrected chi connectivity index (χ3v) is 3.09. The number of ether oxygens (including phenoxy) is 1. The van der Waals surface area contributed by atoms with Crippen LogP contribution in [0.1, 0.15) is 22.7 Å². The van der Waals surface area contributed by atoms with E-state index in [1.807, 2.05) is 13.0 Å². The van der Waals surface area contributed by atoms with Crippen molar-refractivity contribution in [2.24, 2.45) is 0 Å². The monoisotopic (exact) mass is 223 g/mol. The summed E-state index contributed by atoms with van der Waals surface area (Å²) >= 11 is 0. The van der Waals surface area contributed by atoms with Crippen LogP contribution in [-0.2, 0) is 6.42 Å². The Morgan fingerprint density at radius 1 is 1.56 bits per heavy atom. The van der Waals surface area contributed by atoms with Crippen LogP contribution in [0.15, 0.2) is 6.07 Å². The Hall–Kier alpha value is -1.26. The average Bonchev–Trinajstić information content (AvgIpc) is 2.28. The van der Waals surface area contributed by atoms with Gasteiger partial charge in [-0.3, -0.25) is 0 Å². The number of aliphatic hydroxyl groups is 1. The first-order valence-electron chi connectivity index (χ1n) is 5.42. The van der Waals surface area contributed by atoms with Crippen molar-refractivity contribution in [2.45, 2.75) is 19.4 Å². The number of aromatic hydroxyl groups is 1. The molecule has 1 heterocycles. The molecule has 4 heteroatoms. The van der Waals surface area contributed by atoms with E-state index in [1.54, 1.807) is 7.11 Å².